The average Bonchev–Trinajstić information content (AvgIpc) is 2.66. The zero-order valence-electron chi connectivity index (χ0n) is 9.24. The molecule has 8 heteroatoms. The Morgan fingerprint density at radius 1 is 1.28 bits per heavy atom. The lowest BCUT2D eigenvalue weighted by atomic mass is 10.4. The normalized spacial score (nSPS) is 11.5. The van der Waals surface area contributed by atoms with Crippen molar-refractivity contribution >= 4 is 39.0 Å². The second kappa shape index (κ2) is 4.79. The molecule has 0 aliphatic carbocycles. The van der Waals surface area contributed by atoms with E-state index < -0.39 is 10.0 Å². The van der Waals surface area contributed by atoms with Gasteiger partial charge >= 0.3 is 0 Å². The van der Waals surface area contributed by atoms with Crippen LogP contribution in [0.4, 0.5) is 5.82 Å². The summed E-state index contributed by atoms with van der Waals surface area (Å²) in [5.74, 6) is 0.198. The SMILES string of the molecule is Cc1cc(NS(=O)(=O)c2cc(Cl)ccc2Cl)n[nH]1. The number of hydrogen-bond acceptors (Lipinski definition) is 3. The van der Waals surface area contributed by atoms with Gasteiger partial charge in [-0.1, -0.05) is 23.2 Å². The minimum absolute atomic E-state index is 0.0858. The summed E-state index contributed by atoms with van der Waals surface area (Å²) in [4.78, 5) is -0.0858. The zero-order chi connectivity index (χ0) is 13.3. The van der Waals surface area contributed by atoms with Crippen molar-refractivity contribution < 1.29 is 8.42 Å². The molecular formula is C10H9Cl2N3O2S. The summed E-state index contributed by atoms with van der Waals surface area (Å²) >= 11 is 11.6. The molecule has 2 N–H and O–H groups in total. The summed E-state index contributed by atoms with van der Waals surface area (Å²) in [5, 5.41) is 6.81. The van der Waals surface area contributed by atoms with Crippen LogP contribution < -0.4 is 4.72 Å². The second-order valence-electron chi connectivity index (χ2n) is 3.62. The predicted molar refractivity (Wildman–Crippen MR) is 70.6 cm³/mol. The number of aryl methyl sites for hydroxylation is 1. The van der Waals surface area contributed by atoms with Gasteiger partial charge in [-0.2, -0.15) is 5.10 Å². The summed E-state index contributed by atoms with van der Waals surface area (Å²) in [6.45, 7) is 1.76. The van der Waals surface area contributed by atoms with Gasteiger partial charge in [-0.15, -0.1) is 0 Å². The Hall–Kier alpha value is -1.24. The van der Waals surface area contributed by atoms with E-state index in [-0.39, 0.29) is 20.8 Å². The highest BCUT2D eigenvalue weighted by molar-refractivity contribution is 7.92. The Balaban J connectivity index is 2.39. The van der Waals surface area contributed by atoms with Crippen LogP contribution in [0.5, 0.6) is 0 Å². The lowest BCUT2D eigenvalue weighted by Gasteiger charge is -2.07. The van der Waals surface area contributed by atoms with E-state index >= 15 is 0 Å². The number of benzene rings is 1. The Labute approximate surface area is 114 Å². The Morgan fingerprint density at radius 3 is 2.61 bits per heavy atom. The number of nitrogens with one attached hydrogen (secondary N) is 2. The summed E-state index contributed by atoms with van der Waals surface area (Å²) in [7, 11) is -3.80. The Bertz CT molecular complexity index is 682. The molecule has 5 nitrogen and oxygen atoms in total. The van der Waals surface area contributed by atoms with Crippen molar-refractivity contribution in [2.75, 3.05) is 4.72 Å². The van der Waals surface area contributed by atoms with Gasteiger partial charge in [0.2, 0.25) is 0 Å². The molecule has 0 spiro atoms. The molecule has 0 unspecified atom stereocenters. The standard InChI is InChI=1S/C10H9Cl2N3O2S/c1-6-4-10(14-13-6)15-18(16,17)9-5-7(11)2-3-8(9)12/h2-5H,1H3,(H2,13,14,15). The average molecular weight is 306 g/mol. The Kier molecular flexibility index (Phi) is 3.52. The van der Waals surface area contributed by atoms with Gasteiger partial charge in [0.1, 0.15) is 4.90 Å². The summed E-state index contributed by atoms with van der Waals surface area (Å²) in [5.41, 5.74) is 0.741. The molecule has 0 atom stereocenters. The fraction of sp³-hybridized carbons (Fsp3) is 0.100. The number of H-pyrrole nitrogens is 1. The fourth-order valence-corrected chi connectivity index (χ4v) is 3.10. The fourth-order valence-electron chi connectivity index (χ4n) is 1.35. The van der Waals surface area contributed by atoms with E-state index in [0.29, 0.717) is 0 Å². The van der Waals surface area contributed by atoms with E-state index in [9.17, 15) is 8.42 Å². The van der Waals surface area contributed by atoms with Crippen molar-refractivity contribution in [3.05, 3.63) is 40.0 Å². The van der Waals surface area contributed by atoms with Crippen molar-refractivity contribution in [2.24, 2.45) is 0 Å². The van der Waals surface area contributed by atoms with Gasteiger partial charge in [0, 0.05) is 16.8 Å². The second-order valence-corrected chi connectivity index (χ2v) is 6.11. The smallest absolute Gasteiger partial charge is 0.264 e. The maximum absolute atomic E-state index is 12.1. The first-order chi connectivity index (χ1) is 8.38. The third-order valence-corrected chi connectivity index (χ3v) is 4.20. The summed E-state index contributed by atoms with van der Waals surface area (Å²) in [6, 6.07) is 5.79. The van der Waals surface area contributed by atoms with Gasteiger partial charge in [-0.05, 0) is 25.1 Å². The molecule has 1 aromatic heterocycles. The van der Waals surface area contributed by atoms with Crippen molar-refractivity contribution in [1.29, 1.82) is 0 Å². The van der Waals surface area contributed by atoms with Crippen molar-refractivity contribution in [3.8, 4) is 0 Å². The van der Waals surface area contributed by atoms with Gasteiger partial charge in [-0.3, -0.25) is 9.82 Å². The highest BCUT2D eigenvalue weighted by Crippen LogP contribution is 2.26. The molecule has 0 saturated heterocycles. The van der Waals surface area contributed by atoms with Crippen LogP contribution in [0.25, 0.3) is 0 Å². The minimum Gasteiger partial charge on any atom is -0.281 e. The van der Waals surface area contributed by atoms with Crippen molar-refractivity contribution in [2.45, 2.75) is 11.8 Å². The van der Waals surface area contributed by atoms with Crippen LogP contribution in [0.3, 0.4) is 0 Å². The van der Waals surface area contributed by atoms with E-state index in [0.717, 1.165) is 5.69 Å². The first kappa shape index (κ1) is 13.2. The van der Waals surface area contributed by atoms with Crippen LogP contribution in [0.1, 0.15) is 5.69 Å². The number of rotatable bonds is 3. The molecular weight excluding hydrogens is 297 g/mol. The van der Waals surface area contributed by atoms with Crippen molar-refractivity contribution in [1.82, 2.24) is 10.2 Å². The van der Waals surface area contributed by atoms with Crippen LogP contribution in [0, 0.1) is 6.92 Å². The van der Waals surface area contributed by atoms with E-state index in [1.807, 2.05) is 0 Å². The summed E-state index contributed by atoms with van der Waals surface area (Å²) in [6.07, 6.45) is 0. The first-order valence-corrected chi connectivity index (χ1v) is 7.12. The molecule has 0 saturated carbocycles. The highest BCUT2D eigenvalue weighted by Gasteiger charge is 2.19. The molecule has 0 aliphatic heterocycles. The third-order valence-electron chi connectivity index (χ3n) is 2.13. The van der Waals surface area contributed by atoms with Crippen LogP contribution in [0.2, 0.25) is 10.0 Å². The molecule has 0 fully saturated rings. The number of anilines is 1. The van der Waals surface area contributed by atoms with Crippen LogP contribution >= 0.6 is 23.2 Å². The maximum atomic E-state index is 12.1. The van der Waals surface area contributed by atoms with Crippen LogP contribution in [-0.2, 0) is 10.0 Å². The molecule has 0 bridgehead atoms. The predicted octanol–water partition coefficient (Wildman–Crippen LogP) is 2.83. The lowest BCUT2D eigenvalue weighted by Crippen LogP contribution is -2.13. The number of sulfonamides is 1. The van der Waals surface area contributed by atoms with Gasteiger partial charge in [0.25, 0.3) is 10.0 Å². The van der Waals surface area contributed by atoms with Gasteiger partial charge < -0.3 is 0 Å². The number of aromatic nitrogens is 2. The Morgan fingerprint density at radius 2 is 2.00 bits per heavy atom. The number of nitrogens with zero attached hydrogens (tertiary/aromatic N) is 1. The molecule has 2 aromatic rings. The largest absolute Gasteiger partial charge is 0.281 e. The molecule has 96 valence electrons. The van der Waals surface area contributed by atoms with Crippen LogP contribution in [0.15, 0.2) is 29.2 Å². The number of hydrogen-bond donors (Lipinski definition) is 2. The monoisotopic (exact) mass is 305 g/mol. The molecule has 1 aromatic carbocycles. The number of aromatic amines is 1. The molecule has 2 rings (SSSR count). The third kappa shape index (κ3) is 2.77. The van der Waals surface area contributed by atoms with E-state index in [4.69, 9.17) is 23.2 Å². The molecule has 1 heterocycles. The minimum atomic E-state index is -3.80. The van der Waals surface area contributed by atoms with Crippen molar-refractivity contribution in [3.63, 3.8) is 0 Å². The highest BCUT2D eigenvalue weighted by atomic mass is 35.5. The van der Waals surface area contributed by atoms with Gasteiger partial charge in [0.15, 0.2) is 5.82 Å². The zero-order valence-corrected chi connectivity index (χ0v) is 11.6. The van der Waals surface area contributed by atoms with E-state index in [1.165, 1.54) is 18.2 Å². The lowest BCUT2D eigenvalue weighted by molar-refractivity contribution is 0.601. The maximum Gasteiger partial charge on any atom is 0.264 e. The van der Waals surface area contributed by atoms with E-state index in [1.54, 1.807) is 13.0 Å². The van der Waals surface area contributed by atoms with E-state index in [2.05, 4.69) is 14.9 Å². The van der Waals surface area contributed by atoms with Gasteiger partial charge in [0.05, 0.1) is 5.02 Å². The topological polar surface area (TPSA) is 74.8 Å². The summed E-state index contributed by atoms with van der Waals surface area (Å²) < 4.78 is 26.5. The number of halogens is 2. The van der Waals surface area contributed by atoms with Crippen LogP contribution in [-0.4, -0.2) is 18.6 Å². The van der Waals surface area contributed by atoms with Gasteiger partial charge in [-0.25, -0.2) is 8.42 Å². The molecule has 0 amide bonds. The quantitative estimate of drug-likeness (QED) is 0.915. The molecule has 0 radical (unpaired) electrons. The molecule has 18 heavy (non-hydrogen) atoms. The molecule has 0 aliphatic rings. The first-order valence-electron chi connectivity index (χ1n) is 4.88.